The van der Waals surface area contributed by atoms with Crippen LogP contribution in [-0.4, -0.2) is 29.2 Å². The van der Waals surface area contributed by atoms with Crippen LogP contribution in [0.25, 0.3) is 0 Å². The zero-order chi connectivity index (χ0) is 18.9. The third-order valence-electron chi connectivity index (χ3n) is 5.45. The van der Waals surface area contributed by atoms with E-state index in [2.05, 4.69) is 4.90 Å². The number of Topliss-reactive ketones (excluding diaryl/α,β-unsaturated/α-hetero) is 1. The molecule has 1 atom stereocenters. The Morgan fingerprint density at radius 2 is 1.44 bits per heavy atom. The standard InChI is InChI=1S/C24H29NO2/c26-23(20-12-5-3-6-13-20)18-11-17-22-16-9-1-2-10-19-25(22)24(27)21-14-7-4-8-15-21/h3-8,12-15,22H,1-2,9-11,16-19H2/t22-/m0/s1. The molecular weight excluding hydrogens is 334 g/mol. The first-order valence-corrected chi connectivity index (χ1v) is 10.2. The number of hydrogen-bond acceptors (Lipinski definition) is 2. The number of benzene rings is 2. The number of likely N-dealkylation sites (tertiary alicyclic amines) is 1. The number of carbonyl (C=O) groups is 2. The van der Waals surface area contributed by atoms with Gasteiger partial charge in [0.05, 0.1) is 0 Å². The summed E-state index contributed by atoms with van der Waals surface area (Å²) in [6.45, 7) is 0.824. The van der Waals surface area contributed by atoms with E-state index in [-0.39, 0.29) is 17.7 Å². The largest absolute Gasteiger partial charge is 0.336 e. The molecule has 2 aromatic carbocycles. The summed E-state index contributed by atoms with van der Waals surface area (Å²) < 4.78 is 0. The predicted octanol–water partition coefficient (Wildman–Crippen LogP) is 5.51. The second-order valence-corrected chi connectivity index (χ2v) is 7.40. The van der Waals surface area contributed by atoms with Gasteiger partial charge in [-0.15, -0.1) is 0 Å². The van der Waals surface area contributed by atoms with Gasteiger partial charge in [-0.2, -0.15) is 0 Å². The topological polar surface area (TPSA) is 37.4 Å². The number of amides is 1. The lowest BCUT2D eigenvalue weighted by Crippen LogP contribution is -2.41. The normalized spacial score (nSPS) is 17.8. The Kier molecular flexibility index (Phi) is 7.20. The summed E-state index contributed by atoms with van der Waals surface area (Å²) in [7, 11) is 0. The highest BCUT2D eigenvalue weighted by Crippen LogP contribution is 2.23. The minimum absolute atomic E-state index is 0.136. The molecule has 1 saturated heterocycles. The van der Waals surface area contributed by atoms with Gasteiger partial charge in [0.25, 0.3) is 5.91 Å². The van der Waals surface area contributed by atoms with Crippen LogP contribution >= 0.6 is 0 Å². The number of rotatable bonds is 6. The fraction of sp³-hybridized carbons (Fsp3) is 0.417. The minimum atomic E-state index is 0.136. The smallest absolute Gasteiger partial charge is 0.254 e. The van der Waals surface area contributed by atoms with Crippen LogP contribution in [-0.2, 0) is 0 Å². The molecule has 0 unspecified atom stereocenters. The lowest BCUT2D eigenvalue weighted by molar-refractivity contribution is 0.0634. The van der Waals surface area contributed by atoms with Crippen LogP contribution in [0.3, 0.4) is 0 Å². The third kappa shape index (κ3) is 5.53. The Balaban J connectivity index is 1.62. The summed E-state index contributed by atoms with van der Waals surface area (Å²) >= 11 is 0. The van der Waals surface area contributed by atoms with Crippen molar-refractivity contribution in [3.63, 3.8) is 0 Å². The molecule has 0 spiro atoms. The van der Waals surface area contributed by atoms with Crippen LogP contribution < -0.4 is 0 Å². The second-order valence-electron chi connectivity index (χ2n) is 7.40. The van der Waals surface area contributed by atoms with Crippen molar-refractivity contribution in [3.8, 4) is 0 Å². The van der Waals surface area contributed by atoms with Gasteiger partial charge in [0, 0.05) is 30.1 Å². The van der Waals surface area contributed by atoms with E-state index in [1.807, 2.05) is 60.7 Å². The quantitative estimate of drug-likeness (QED) is 0.634. The van der Waals surface area contributed by atoms with Gasteiger partial charge in [-0.25, -0.2) is 0 Å². The molecule has 1 fully saturated rings. The fourth-order valence-corrected chi connectivity index (χ4v) is 3.93. The zero-order valence-electron chi connectivity index (χ0n) is 16.0. The maximum atomic E-state index is 13.1. The molecule has 0 N–H and O–H groups in total. The van der Waals surface area contributed by atoms with Gasteiger partial charge in [0.15, 0.2) is 5.78 Å². The molecule has 0 bridgehead atoms. The van der Waals surface area contributed by atoms with E-state index in [4.69, 9.17) is 0 Å². The van der Waals surface area contributed by atoms with Crippen molar-refractivity contribution in [2.75, 3.05) is 6.54 Å². The lowest BCUT2D eigenvalue weighted by atomic mass is 9.95. The van der Waals surface area contributed by atoms with Gasteiger partial charge in [-0.3, -0.25) is 9.59 Å². The Morgan fingerprint density at radius 3 is 2.15 bits per heavy atom. The molecule has 1 aliphatic heterocycles. The maximum absolute atomic E-state index is 13.1. The van der Waals surface area contributed by atoms with E-state index < -0.39 is 0 Å². The van der Waals surface area contributed by atoms with Crippen LogP contribution in [0.2, 0.25) is 0 Å². The van der Waals surface area contributed by atoms with E-state index >= 15 is 0 Å². The highest BCUT2D eigenvalue weighted by Gasteiger charge is 2.25. The summed E-state index contributed by atoms with van der Waals surface area (Å²) in [5.74, 6) is 0.333. The van der Waals surface area contributed by atoms with E-state index in [1.54, 1.807) is 0 Å². The van der Waals surface area contributed by atoms with Gasteiger partial charge < -0.3 is 4.90 Å². The monoisotopic (exact) mass is 363 g/mol. The van der Waals surface area contributed by atoms with Crippen molar-refractivity contribution in [2.45, 2.75) is 57.4 Å². The van der Waals surface area contributed by atoms with Crippen molar-refractivity contribution >= 4 is 11.7 Å². The van der Waals surface area contributed by atoms with E-state index in [0.717, 1.165) is 49.8 Å². The van der Waals surface area contributed by atoms with Crippen molar-refractivity contribution in [2.24, 2.45) is 0 Å². The number of nitrogens with zero attached hydrogens (tertiary/aromatic N) is 1. The summed E-state index contributed by atoms with van der Waals surface area (Å²) in [6, 6.07) is 19.3. The van der Waals surface area contributed by atoms with Gasteiger partial charge in [0.1, 0.15) is 0 Å². The highest BCUT2D eigenvalue weighted by molar-refractivity contribution is 5.96. The van der Waals surface area contributed by atoms with Crippen LogP contribution in [0.5, 0.6) is 0 Å². The van der Waals surface area contributed by atoms with Crippen LogP contribution in [0, 0.1) is 0 Å². The van der Waals surface area contributed by atoms with E-state index in [9.17, 15) is 9.59 Å². The molecule has 1 aliphatic rings. The Hall–Kier alpha value is -2.42. The predicted molar refractivity (Wildman–Crippen MR) is 109 cm³/mol. The van der Waals surface area contributed by atoms with Crippen molar-refractivity contribution in [3.05, 3.63) is 71.8 Å². The maximum Gasteiger partial charge on any atom is 0.254 e. The second kappa shape index (κ2) is 10.1. The summed E-state index contributed by atoms with van der Waals surface area (Å²) in [5, 5.41) is 0. The molecular formula is C24H29NO2. The van der Waals surface area contributed by atoms with E-state index in [1.165, 1.54) is 12.8 Å². The molecule has 3 rings (SSSR count). The zero-order valence-corrected chi connectivity index (χ0v) is 16.0. The molecule has 2 aromatic rings. The van der Waals surface area contributed by atoms with Gasteiger partial charge in [0.2, 0.25) is 0 Å². The molecule has 142 valence electrons. The molecule has 0 saturated carbocycles. The first-order valence-electron chi connectivity index (χ1n) is 10.2. The van der Waals surface area contributed by atoms with Crippen molar-refractivity contribution in [1.82, 2.24) is 4.90 Å². The Morgan fingerprint density at radius 1 is 0.815 bits per heavy atom. The average molecular weight is 364 g/mol. The summed E-state index contributed by atoms with van der Waals surface area (Å²) in [5.41, 5.74) is 1.55. The fourth-order valence-electron chi connectivity index (χ4n) is 3.93. The number of ketones is 1. The first kappa shape index (κ1) is 19.3. The van der Waals surface area contributed by atoms with Gasteiger partial charge >= 0.3 is 0 Å². The molecule has 1 amide bonds. The molecule has 0 aromatic heterocycles. The van der Waals surface area contributed by atoms with Gasteiger partial charge in [-0.05, 0) is 37.8 Å². The summed E-state index contributed by atoms with van der Waals surface area (Å²) in [6.07, 6.45) is 7.98. The molecule has 0 aliphatic carbocycles. The number of carbonyl (C=O) groups excluding carboxylic acids is 2. The first-order chi connectivity index (χ1) is 13.3. The minimum Gasteiger partial charge on any atom is -0.336 e. The Labute approximate surface area is 162 Å². The van der Waals surface area contributed by atoms with Crippen LogP contribution in [0.15, 0.2) is 60.7 Å². The SMILES string of the molecule is O=C(CCC[C@@H]1CCCCCCN1C(=O)c1ccccc1)c1ccccc1. The van der Waals surface area contributed by atoms with Crippen LogP contribution in [0.4, 0.5) is 0 Å². The van der Waals surface area contributed by atoms with Crippen molar-refractivity contribution < 1.29 is 9.59 Å². The molecule has 27 heavy (non-hydrogen) atoms. The summed E-state index contributed by atoms with van der Waals surface area (Å²) in [4.78, 5) is 27.5. The number of hydrogen-bond donors (Lipinski definition) is 0. The lowest BCUT2D eigenvalue weighted by Gasteiger charge is -2.34. The van der Waals surface area contributed by atoms with Crippen molar-refractivity contribution in [1.29, 1.82) is 0 Å². The highest BCUT2D eigenvalue weighted by atomic mass is 16.2. The van der Waals surface area contributed by atoms with E-state index in [0.29, 0.717) is 6.42 Å². The molecule has 1 heterocycles. The Bertz CT molecular complexity index is 727. The molecule has 3 heteroatoms. The average Bonchev–Trinajstić information content (AvgIpc) is 2.70. The molecule has 3 nitrogen and oxygen atoms in total. The molecule has 0 radical (unpaired) electrons. The van der Waals surface area contributed by atoms with Gasteiger partial charge in [-0.1, -0.05) is 67.8 Å². The van der Waals surface area contributed by atoms with Crippen LogP contribution in [0.1, 0.15) is 72.1 Å². The third-order valence-corrected chi connectivity index (χ3v) is 5.45.